The number of anilines is 2. The van der Waals surface area contributed by atoms with Crippen LogP contribution in [0.2, 0.25) is 0 Å². The van der Waals surface area contributed by atoms with Crippen molar-refractivity contribution in [3.05, 3.63) is 53.6 Å². The second kappa shape index (κ2) is 6.10. The maximum Gasteiger partial charge on any atom is 0.228 e. The van der Waals surface area contributed by atoms with Gasteiger partial charge in [-0.15, -0.1) is 0 Å². The highest BCUT2D eigenvalue weighted by Gasteiger charge is 2.06. The largest absolute Gasteiger partial charge is 0.496 e. The number of benzene rings is 2. The summed E-state index contributed by atoms with van der Waals surface area (Å²) in [5.74, 6) is 0.751. The third kappa shape index (κ3) is 3.51. The molecular formula is C16H18N2O2. The number of nitrogens with two attached hydrogens (primary N) is 1. The van der Waals surface area contributed by atoms with Crippen LogP contribution in [0.15, 0.2) is 42.5 Å². The molecule has 3 N–H and O–H groups in total. The third-order valence-electron chi connectivity index (χ3n) is 3.02. The number of nitrogens with one attached hydrogen (secondary N) is 1. The summed E-state index contributed by atoms with van der Waals surface area (Å²) >= 11 is 0. The second-order valence-electron chi connectivity index (χ2n) is 4.65. The van der Waals surface area contributed by atoms with E-state index in [2.05, 4.69) is 5.32 Å². The minimum atomic E-state index is -0.0562. The first kappa shape index (κ1) is 13.9. The second-order valence-corrected chi connectivity index (χ2v) is 4.65. The highest BCUT2D eigenvalue weighted by Crippen LogP contribution is 2.21. The van der Waals surface area contributed by atoms with Crippen LogP contribution < -0.4 is 15.8 Å². The molecule has 0 saturated heterocycles. The van der Waals surface area contributed by atoms with Crippen LogP contribution in [-0.2, 0) is 11.2 Å². The first-order valence-electron chi connectivity index (χ1n) is 6.37. The standard InChI is InChI=1S/C16H18N2O2/c1-11-9-14(7-8-15(11)20-2)18-16(19)10-12-3-5-13(17)6-4-12/h3-9H,10,17H2,1-2H3,(H,18,19). The minimum Gasteiger partial charge on any atom is -0.496 e. The predicted octanol–water partition coefficient (Wildman–Crippen LogP) is 2.77. The number of hydrogen-bond donors (Lipinski definition) is 2. The molecule has 0 heterocycles. The highest BCUT2D eigenvalue weighted by molar-refractivity contribution is 5.92. The molecule has 0 aliphatic carbocycles. The molecule has 0 unspecified atom stereocenters. The van der Waals surface area contributed by atoms with E-state index in [4.69, 9.17) is 10.5 Å². The zero-order chi connectivity index (χ0) is 14.5. The zero-order valence-electron chi connectivity index (χ0n) is 11.6. The van der Waals surface area contributed by atoms with Gasteiger partial charge in [0.1, 0.15) is 5.75 Å². The lowest BCUT2D eigenvalue weighted by Gasteiger charge is -2.09. The summed E-state index contributed by atoms with van der Waals surface area (Å²) in [5, 5.41) is 2.87. The van der Waals surface area contributed by atoms with Crippen LogP contribution >= 0.6 is 0 Å². The Kier molecular flexibility index (Phi) is 4.25. The topological polar surface area (TPSA) is 64.3 Å². The Bertz CT molecular complexity index is 606. The Morgan fingerprint density at radius 2 is 1.90 bits per heavy atom. The van der Waals surface area contributed by atoms with Gasteiger partial charge in [0, 0.05) is 11.4 Å². The first-order valence-corrected chi connectivity index (χ1v) is 6.37. The number of hydrogen-bond acceptors (Lipinski definition) is 3. The summed E-state index contributed by atoms with van der Waals surface area (Å²) in [6, 6.07) is 12.9. The lowest BCUT2D eigenvalue weighted by atomic mass is 10.1. The van der Waals surface area contributed by atoms with E-state index in [0.717, 1.165) is 22.6 Å². The first-order chi connectivity index (χ1) is 9.58. The minimum absolute atomic E-state index is 0.0562. The van der Waals surface area contributed by atoms with E-state index < -0.39 is 0 Å². The van der Waals surface area contributed by atoms with Crippen LogP contribution in [-0.4, -0.2) is 13.0 Å². The van der Waals surface area contributed by atoms with E-state index in [9.17, 15) is 4.79 Å². The lowest BCUT2D eigenvalue weighted by molar-refractivity contribution is -0.115. The summed E-state index contributed by atoms with van der Waals surface area (Å²) in [7, 11) is 1.63. The van der Waals surface area contributed by atoms with Crippen molar-refractivity contribution in [2.75, 3.05) is 18.2 Å². The fraction of sp³-hybridized carbons (Fsp3) is 0.188. The van der Waals surface area contributed by atoms with Gasteiger partial charge >= 0.3 is 0 Å². The number of aryl methyl sites for hydroxylation is 1. The molecule has 4 heteroatoms. The summed E-state index contributed by atoms with van der Waals surface area (Å²) in [6.45, 7) is 1.94. The molecule has 0 bridgehead atoms. The number of carbonyl (C=O) groups is 1. The molecule has 2 aromatic carbocycles. The number of methoxy groups -OCH3 is 1. The number of rotatable bonds is 4. The van der Waals surface area contributed by atoms with Crippen LogP contribution in [0.4, 0.5) is 11.4 Å². The van der Waals surface area contributed by atoms with Gasteiger partial charge in [-0.2, -0.15) is 0 Å². The lowest BCUT2D eigenvalue weighted by Crippen LogP contribution is -2.14. The van der Waals surface area contributed by atoms with E-state index >= 15 is 0 Å². The Morgan fingerprint density at radius 1 is 1.20 bits per heavy atom. The molecular weight excluding hydrogens is 252 g/mol. The predicted molar refractivity (Wildman–Crippen MR) is 80.9 cm³/mol. The van der Waals surface area contributed by atoms with E-state index in [1.54, 1.807) is 19.2 Å². The zero-order valence-corrected chi connectivity index (χ0v) is 11.6. The van der Waals surface area contributed by atoms with Gasteiger partial charge in [0.25, 0.3) is 0 Å². The van der Waals surface area contributed by atoms with E-state index in [1.165, 1.54) is 0 Å². The SMILES string of the molecule is COc1ccc(NC(=O)Cc2ccc(N)cc2)cc1C. The maximum atomic E-state index is 12.0. The smallest absolute Gasteiger partial charge is 0.228 e. The van der Waals surface area contributed by atoms with E-state index in [-0.39, 0.29) is 5.91 Å². The molecule has 20 heavy (non-hydrogen) atoms. The molecule has 2 aromatic rings. The molecule has 1 amide bonds. The van der Waals surface area contributed by atoms with Gasteiger partial charge in [0.05, 0.1) is 13.5 Å². The monoisotopic (exact) mass is 270 g/mol. The van der Waals surface area contributed by atoms with Gasteiger partial charge in [-0.3, -0.25) is 4.79 Å². The molecule has 2 rings (SSSR count). The molecule has 0 aliphatic rings. The maximum absolute atomic E-state index is 12.0. The average Bonchev–Trinajstić information content (AvgIpc) is 2.41. The molecule has 0 aromatic heterocycles. The molecule has 0 saturated carbocycles. The van der Waals surface area contributed by atoms with Crippen molar-refractivity contribution in [2.24, 2.45) is 0 Å². The van der Waals surface area contributed by atoms with E-state index in [1.807, 2.05) is 37.3 Å². The quantitative estimate of drug-likeness (QED) is 0.840. The van der Waals surface area contributed by atoms with Gasteiger partial charge in [0.15, 0.2) is 0 Å². The van der Waals surface area contributed by atoms with Gasteiger partial charge in [-0.1, -0.05) is 12.1 Å². The highest BCUT2D eigenvalue weighted by atomic mass is 16.5. The van der Waals surface area contributed by atoms with Crippen molar-refractivity contribution >= 4 is 17.3 Å². The molecule has 4 nitrogen and oxygen atoms in total. The van der Waals surface area contributed by atoms with Crippen LogP contribution in [0, 0.1) is 6.92 Å². The fourth-order valence-corrected chi connectivity index (χ4v) is 1.98. The van der Waals surface area contributed by atoms with Gasteiger partial charge < -0.3 is 15.8 Å². The summed E-state index contributed by atoms with van der Waals surface area (Å²) in [4.78, 5) is 12.0. The Balaban J connectivity index is 2.01. The fourth-order valence-electron chi connectivity index (χ4n) is 1.98. The average molecular weight is 270 g/mol. The van der Waals surface area contributed by atoms with Crippen molar-refractivity contribution in [2.45, 2.75) is 13.3 Å². The molecule has 0 radical (unpaired) electrons. The number of ether oxygens (including phenoxy) is 1. The van der Waals surface area contributed by atoms with Crippen LogP contribution in [0.3, 0.4) is 0 Å². The van der Waals surface area contributed by atoms with Crippen molar-refractivity contribution in [3.8, 4) is 5.75 Å². The van der Waals surface area contributed by atoms with Gasteiger partial charge in [0.2, 0.25) is 5.91 Å². The van der Waals surface area contributed by atoms with Crippen molar-refractivity contribution in [1.29, 1.82) is 0 Å². The molecule has 0 spiro atoms. The van der Waals surface area contributed by atoms with Crippen LogP contribution in [0.25, 0.3) is 0 Å². The van der Waals surface area contributed by atoms with Gasteiger partial charge in [-0.05, 0) is 48.4 Å². The number of nitrogen functional groups attached to an aromatic ring is 1. The molecule has 0 aliphatic heterocycles. The Labute approximate surface area is 118 Å². The van der Waals surface area contributed by atoms with Crippen molar-refractivity contribution in [3.63, 3.8) is 0 Å². The number of amides is 1. The summed E-state index contributed by atoms with van der Waals surface area (Å²) in [6.07, 6.45) is 0.325. The van der Waals surface area contributed by atoms with Crippen molar-refractivity contribution in [1.82, 2.24) is 0 Å². The normalized spacial score (nSPS) is 10.1. The summed E-state index contributed by atoms with van der Waals surface area (Å²) in [5.41, 5.74) is 8.99. The third-order valence-corrected chi connectivity index (χ3v) is 3.02. The van der Waals surface area contributed by atoms with Gasteiger partial charge in [-0.25, -0.2) is 0 Å². The van der Waals surface area contributed by atoms with Crippen LogP contribution in [0.1, 0.15) is 11.1 Å². The Hall–Kier alpha value is -2.49. The Morgan fingerprint density at radius 3 is 2.50 bits per heavy atom. The molecule has 104 valence electrons. The number of carbonyl (C=O) groups excluding carboxylic acids is 1. The molecule has 0 atom stereocenters. The summed E-state index contributed by atoms with van der Waals surface area (Å²) < 4.78 is 5.19. The molecule has 0 fully saturated rings. The van der Waals surface area contributed by atoms with Crippen molar-refractivity contribution < 1.29 is 9.53 Å². The van der Waals surface area contributed by atoms with Crippen LogP contribution in [0.5, 0.6) is 5.75 Å². The van der Waals surface area contributed by atoms with E-state index in [0.29, 0.717) is 12.1 Å².